The van der Waals surface area contributed by atoms with E-state index in [4.69, 9.17) is 14.5 Å². The van der Waals surface area contributed by atoms with Crippen molar-refractivity contribution < 1.29 is 19.3 Å². The predicted molar refractivity (Wildman–Crippen MR) is 89.1 cm³/mol. The van der Waals surface area contributed by atoms with Gasteiger partial charge in [0.25, 0.3) is 0 Å². The number of hydrogen-bond acceptors (Lipinski definition) is 8. The van der Waals surface area contributed by atoms with Crippen LogP contribution in [0.2, 0.25) is 0 Å². The molecule has 0 aliphatic carbocycles. The van der Waals surface area contributed by atoms with Crippen molar-refractivity contribution in [1.82, 2.24) is 15.6 Å². The summed E-state index contributed by atoms with van der Waals surface area (Å²) in [7, 11) is 0. The van der Waals surface area contributed by atoms with Gasteiger partial charge in [0.1, 0.15) is 0 Å². The van der Waals surface area contributed by atoms with Crippen molar-refractivity contribution in [2.45, 2.75) is 65.5 Å². The lowest BCUT2D eigenvalue weighted by Gasteiger charge is -2.41. The van der Waals surface area contributed by atoms with Gasteiger partial charge in [0.05, 0.1) is 26.0 Å². The van der Waals surface area contributed by atoms with Crippen molar-refractivity contribution in [1.29, 1.82) is 0 Å². The smallest absolute Gasteiger partial charge is 0.237 e. The molecule has 0 aromatic rings. The molecule has 0 aromatic carbocycles. The van der Waals surface area contributed by atoms with Gasteiger partial charge in [0, 0.05) is 5.28 Å². The molecular weight excluding hydrogens is 312 g/mol. The average molecular weight is 342 g/mol. The van der Waals surface area contributed by atoms with Gasteiger partial charge in [-0.05, 0) is 30.5 Å². The molecule has 0 bridgehead atoms. The number of hydrazine groups is 2. The Morgan fingerprint density at radius 2 is 1.54 bits per heavy atom. The molecule has 8 nitrogen and oxygen atoms in total. The highest BCUT2D eigenvalue weighted by Crippen LogP contribution is 2.20. The molecule has 0 aromatic heterocycles. The zero-order valence-electron chi connectivity index (χ0n) is 15.0. The molecule has 1 atom stereocenters. The molecule has 1 rings (SSSR count). The van der Waals surface area contributed by atoms with E-state index in [1.54, 1.807) is 18.4 Å². The highest BCUT2D eigenvalue weighted by atomic mass is 16.9. The van der Waals surface area contributed by atoms with Gasteiger partial charge in [-0.3, -0.25) is 14.5 Å². The highest BCUT2D eigenvalue weighted by molar-refractivity contribution is 5.34. The van der Waals surface area contributed by atoms with Crippen LogP contribution in [0.3, 0.4) is 0 Å². The lowest BCUT2D eigenvalue weighted by atomic mass is 10.4. The number of hydroxylamine groups is 2. The van der Waals surface area contributed by atoms with Crippen molar-refractivity contribution in [3.05, 3.63) is 12.3 Å². The lowest BCUT2D eigenvalue weighted by molar-refractivity contribution is -0.534. The summed E-state index contributed by atoms with van der Waals surface area (Å²) in [5.74, 6) is 0. The molecule has 1 aliphatic heterocycles. The van der Waals surface area contributed by atoms with E-state index in [-0.39, 0.29) is 0 Å². The maximum absolute atomic E-state index is 10.7. The maximum Gasteiger partial charge on any atom is 0.237 e. The molecule has 0 amide bonds. The molecule has 1 heterocycles. The van der Waals surface area contributed by atoms with Crippen LogP contribution in [0.15, 0.2) is 17.3 Å². The minimum Gasteiger partial charge on any atom is -0.278 e. The third-order valence-electron chi connectivity index (χ3n) is 3.28. The molecule has 0 spiro atoms. The van der Waals surface area contributed by atoms with Crippen molar-refractivity contribution in [3.63, 3.8) is 0 Å². The molecule has 0 saturated heterocycles. The van der Waals surface area contributed by atoms with Crippen LogP contribution in [0.1, 0.15) is 59.3 Å². The molecule has 0 N–H and O–H groups in total. The Morgan fingerprint density at radius 1 is 0.958 bits per heavy atom. The van der Waals surface area contributed by atoms with Gasteiger partial charge >= 0.3 is 0 Å². The summed E-state index contributed by atoms with van der Waals surface area (Å²) in [5.41, 5.74) is 0. The zero-order chi connectivity index (χ0) is 17.6. The van der Waals surface area contributed by atoms with Crippen molar-refractivity contribution in [3.8, 4) is 0 Å². The van der Waals surface area contributed by atoms with Crippen LogP contribution in [0.4, 0.5) is 0 Å². The first-order valence-electron chi connectivity index (χ1n) is 8.80. The largest absolute Gasteiger partial charge is 0.278 e. The number of rotatable bonds is 13. The normalized spacial score (nSPS) is 18.8. The van der Waals surface area contributed by atoms with Crippen LogP contribution >= 0.6 is 0 Å². The standard InChI is InChI=1S/C16H30N4O4/c1-4-7-12-22-18-11-10-16(17-15-21)19(23-13-8-5-2)20(18)24-14-9-6-3/h10-11,16H,4-9,12-14H2,1-3H3. The first-order chi connectivity index (χ1) is 11.8. The van der Waals surface area contributed by atoms with Gasteiger partial charge in [0.15, 0.2) is 6.17 Å². The van der Waals surface area contributed by atoms with Crippen molar-refractivity contribution in [2.75, 3.05) is 19.8 Å². The van der Waals surface area contributed by atoms with Crippen molar-refractivity contribution >= 4 is 6.08 Å². The van der Waals surface area contributed by atoms with Crippen LogP contribution in [-0.2, 0) is 19.3 Å². The van der Waals surface area contributed by atoms with Gasteiger partial charge in [-0.15, -0.1) is 5.17 Å². The molecule has 0 saturated carbocycles. The lowest BCUT2D eigenvalue weighted by Crippen LogP contribution is -2.57. The molecule has 1 aliphatic rings. The van der Waals surface area contributed by atoms with Gasteiger partial charge < -0.3 is 0 Å². The molecule has 0 fully saturated rings. The fourth-order valence-electron chi connectivity index (χ4n) is 1.84. The summed E-state index contributed by atoms with van der Waals surface area (Å²) in [6.45, 7) is 7.81. The van der Waals surface area contributed by atoms with Gasteiger partial charge in [-0.25, -0.2) is 4.79 Å². The Balaban J connectivity index is 2.83. The third-order valence-corrected chi connectivity index (χ3v) is 3.28. The number of hydrogen-bond donors (Lipinski definition) is 0. The quantitative estimate of drug-likeness (QED) is 0.289. The second kappa shape index (κ2) is 13.1. The minimum atomic E-state index is -0.632. The molecule has 138 valence electrons. The van der Waals surface area contributed by atoms with E-state index in [9.17, 15) is 4.79 Å². The van der Waals surface area contributed by atoms with E-state index in [1.165, 1.54) is 15.6 Å². The van der Waals surface area contributed by atoms with Gasteiger partial charge in [-0.2, -0.15) is 4.99 Å². The molecule has 0 radical (unpaired) electrons. The van der Waals surface area contributed by atoms with E-state index in [0.717, 1.165) is 38.5 Å². The zero-order valence-corrected chi connectivity index (χ0v) is 15.0. The second-order valence-electron chi connectivity index (χ2n) is 5.39. The van der Waals surface area contributed by atoms with Gasteiger partial charge in [-0.1, -0.05) is 40.0 Å². The van der Waals surface area contributed by atoms with Crippen LogP contribution < -0.4 is 0 Å². The Hall–Kier alpha value is -1.28. The number of unbranched alkanes of at least 4 members (excludes halogenated alkanes) is 3. The topological polar surface area (TPSA) is 66.8 Å². The Kier molecular flexibility index (Phi) is 11.3. The van der Waals surface area contributed by atoms with Crippen LogP contribution in [-0.4, -0.2) is 47.7 Å². The summed E-state index contributed by atoms with van der Waals surface area (Å²) < 4.78 is 0. The van der Waals surface area contributed by atoms with E-state index < -0.39 is 6.17 Å². The van der Waals surface area contributed by atoms with Crippen LogP contribution in [0.25, 0.3) is 0 Å². The SMILES string of the molecule is CCCCON1C=CC(N=C=O)N(OCCCC)N1OCCCC. The van der Waals surface area contributed by atoms with E-state index in [0.29, 0.717) is 19.8 Å². The maximum atomic E-state index is 10.7. The number of aliphatic imine (C=N–C) groups is 1. The first-order valence-corrected chi connectivity index (χ1v) is 8.80. The summed E-state index contributed by atoms with van der Waals surface area (Å²) >= 11 is 0. The summed E-state index contributed by atoms with van der Waals surface area (Å²) in [6.07, 6.45) is 10.1. The van der Waals surface area contributed by atoms with E-state index in [1.807, 2.05) is 0 Å². The van der Waals surface area contributed by atoms with Crippen LogP contribution in [0.5, 0.6) is 0 Å². The molecule has 24 heavy (non-hydrogen) atoms. The van der Waals surface area contributed by atoms with E-state index in [2.05, 4.69) is 25.8 Å². The number of isocyanates is 1. The average Bonchev–Trinajstić information content (AvgIpc) is 2.59. The first kappa shape index (κ1) is 20.8. The Morgan fingerprint density at radius 3 is 2.12 bits per heavy atom. The van der Waals surface area contributed by atoms with Crippen molar-refractivity contribution in [2.24, 2.45) is 4.99 Å². The fourth-order valence-corrected chi connectivity index (χ4v) is 1.84. The second-order valence-corrected chi connectivity index (χ2v) is 5.39. The fraction of sp³-hybridized carbons (Fsp3) is 0.812. The third kappa shape index (κ3) is 7.09. The molecular formula is C16H30N4O4. The monoisotopic (exact) mass is 342 g/mol. The minimum absolute atomic E-state index is 0.492. The summed E-state index contributed by atoms with van der Waals surface area (Å²) in [5, 5.41) is 4.25. The molecule has 8 heteroatoms. The van der Waals surface area contributed by atoms with Crippen LogP contribution in [0, 0.1) is 0 Å². The number of nitrogens with zero attached hydrogens (tertiary/aromatic N) is 4. The van der Waals surface area contributed by atoms with Gasteiger partial charge in [0.2, 0.25) is 6.08 Å². The summed E-state index contributed by atoms with van der Waals surface area (Å²) in [4.78, 5) is 31.7. The Labute approximate surface area is 144 Å². The van der Waals surface area contributed by atoms with E-state index >= 15 is 0 Å². The Bertz CT molecular complexity index is 402. The predicted octanol–water partition coefficient (Wildman–Crippen LogP) is 3.11. The summed E-state index contributed by atoms with van der Waals surface area (Å²) in [6, 6.07) is 0. The molecule has 1 unspecified atom stereocenters. The number of carbonyl (C=O) groups excluding carboxylic acids is 1. The highest BCUT2D eigenvalue weighted by Gasteiger charge is 2.33.